The average molecular weight is 283 g/mol. The molecule has 0 aliphatic carbocycles. The number of unbranched alkanes of at least 4 members (excludes halogenated alkanes) is 1. The van der Waals surface area contributed by atoms with Crippen LogP contribution < -0.4 is 11.1 Å². The van der Waals surface area contributed by atoms with Gasteiger partial charge in [-0.25, -0.2) is 0 Å². The number of nitrogen functional groups attached to an aromatic ring is 1. The molecule has 0 spiro atoms. The van der Waals surface area contributed by atoms with Crippen molar-refractivity contribution in [3.05, 3.63) is 33.9 Å². The fourth-order valence-electron chi connectivity index (χ4n) is 1.58. The Balaban J connectivity index is 2.62. The van der Waals surface area contributed by atoms with Gasteiger partial charge in [0.15, 0.2) is 0 Å². The zero-order valence-corrected chi connectivity index (χ0v) is 11.5. The molecule has 0 aliphatic rings. The predicted molar refractivity (Wildman–Crippen MR) is 77.5 cm³/mol. The predicted octanol–water partition coefficient (Wildman–Crippen LogP) is 2.05. The third-order valence-electron chi connectivity index (χ3n) is 2.59. The highest BCUT2D eigenvalue weighted by Crippen LogP contribution is 2.24. The molecule has 0 fully saturated rings. The Morgan fingerprint density at radius 2 is 2.21 bits per heavy atom. The standard InChI is InChI=1S/C12H17N3O3S/c1-19-8-3-2-7-14-12(16)9-5-4-6-10(11(9)13)15(17)18/h4-6H,2-3,7-8,13H2,1H3,(H,14,16). The van der Waals surface area contributed by atoms with Crippen LogP contribution >= 0.6 is 11.8 Å². The summed E-state index contributed by atoms with van der Waals surface area (Å²) >= 11 is 1.76. The number of hydrogen-bond acceptors (Lipinski definition) is 5. The van der Waals surface area contributed by atoms with E-state index >= 15 is 0 Å². The van der Waals surface area contributed by atoms with E-state index in [0.29, 0.717) is 6.54 Å². The second-order valence-corrected chi connectivity index (χ2v) is 4.94. The molecular formula is C12H17N3O3S. The molecule has 7 heteroatoms. The highest BCUT2D eigenvalue weighted by atomic mass is 32.2. The number of rotatable bonds is 7. The number of amides is 1. The Bertz CT molecular complexity index is 466. The van der Waals surface area contributed by atoms with Crippen LogP contribution in [0.2, 0.25) is 0 Å². The number of carbonyl (C=O) groups is 1. The summed E-state index contributed by atoms with van der Waals surface area (Å²) in [7, 11) is 0. The minimum Gasteiger partial charge on any atom is -0.393 e. The molecule has 0 unspecified atom stereocenters. The summed E-state index contributed by atoms with van der Waals surface area (Å²) in [5.74, 6) is 0.680. The van der Waals surface area contributed by atoms with Crippen molar-refractivity contribution in [2.75, 3.05) is 24.3 Å². The molecule has 1 aromatic carbocycles. The lowest BCUT2D eigenvalue weighted by Gasteiger charge is -2.07. The van der Waals surface area contributed by atoms with E-state index in [1.807, 2.05) is 6.26 Å². The summed E-state index contributed by atoms with van der Waals surface area (Å²) in [6.07, 6.45) is 3.93. The summed E-state index contributed by atoms with van der Waals surface area (Å²) in [6.45, 7) is 0.543. The van der Waals surface area contributed by atoms with Gasteiger partial charge in [-0.1, -0.05) is 6.07 Å². The minimum atomic E-state index is -0.593. The molecule has 104 valence electrons. The fraction of sp³-hybridized carbons (Fsp3) is 0.417. The van der Waals surface area contributed by atoms with E-state index in [1.54, 1.807) is 11.8 Å². The van der Waals surface area contributed by atoms with Crippen molar-refractivity contribution in [2.24, 2.45) is 0 Å². The van der Waals surface area contributed by atoms with Gasteiger partial charge in [0.2, 0.25) is 0 Å². The van der Waals surface area contributed by atoms with Crippen LogP contribution in [0.15, 0.2) is 18.2 Å². The van der Waals surface area contributed by atoms with Crippen molar-refractivity contribution in [1.82, 2.24) is 5.32 Å². The minimum absolute atomic E-state index is 0.0888. The molecule has 0 saturated carbocycles. The van der Waals surface area contributed by atoms with Gasteiger partial charge < -0.3 is 11.1 Å². The van der Waals surface area contributed by atoms with E-state index in [9.17, 15) is 14.9 Å². The first-order valence-electron chi connectivity index (χ1n) is 5.88. The second-order valence-electron chi connectivity index (χ2n) is 3.95. The zero-order chi connectivity index (χ0) is 14.3. The third kappa shape index (κ3) is 4.44. The molecule has 6 nitrogen and oxygen atoms in total. The number of hydrogen-bond donors (Lipinski definition) is 2. The zero-order valence-electron chi connectivity index (χ0n) is 10.7. The number of para-hydroxylation sites is 1. The number of nitro benzene ring substituents is 1. The first-order chi connectivity index (χ1) is 9.07. The van der Waals surface area contributed by atoms with Crippen LogP contribution in [0.1, 0.15) is 23.2 Å². The topological polar surface area (TPSA) is 98.3 Å². The van der Waals surface area contributed by atoms with Crippen molar-refractivity contribution in [3.8, 4) is 0 Å². The number of nitrogens with two attached hydrogens (primary N) is 1. The van der Waals surface area contributed by atoms with E-state index < -0.39 is 4.92 Å². The molecule has 0 saturated heterocycles. The lowest BCUT2D eigenvalue weighted by Crippen LogP contribution is -2.25. The van der Waals surface area contributed by atoms with Gasteiger partial charge in [0, 0.05) is 12.6 Å². The summed E-state index contributed by atoms with van der Waals surface area (Å²) in [5.41, 5.74) is 5.45. The maximum atomic E-state index is 11.9. The van der Waals surface area contributed by atoms with E-state index in [1.165, 1.54) is 18.2 Å². The SMILES string of the molecule is CSCCCCNC(=O)c1cccc([N+](=O)[O-])c1N. The molecule has 0 radical (unpaired) electrons. The molecule has 0 aliphatic heterocycles. The number of nitrogens with zero attached hydrogens (tertiary/aromatic N) is 1. The van der Waals surface area contributed by atoms with Gasteiger partial charge >= 0.3 is 0 Å². The second kappa shape index (κ2) is 7.63. The number of anilines is 1. The number of benzene rings is 1. The van der Waals surface area contributed by atoms with Gasteiger partial charge in [0.1, 0.15) is 5.69 Å². The summed E-state index contributed by atoms with van der Waals surface area (Å²) < 4.78 is 0. The highest BCUT2D eigenvalue weighted by molar-refractivity contribution is 7.98. The molecule has 0 bridgehead atoms. The third-order valence-corrected chi connectivity index (χ3v) is 3.28. The van der Waals surface area contributed by atoms with E-state index in [0.717, 1.165) is 18.6 Å². The lowest BCUT2D eigenvalue weighted by atomic mass is 10.1. The molecular weight excluding hydrogens is 266 g/mol. The smallest absolute Gasteiger partial charge is 0.292 e. The van der Waals surface area contributed by atoms with Crippen LogP contribution in [-0.4, -0.2) is 29.4 Å². The Morgan fingerprint density at radius 1 is 1.47 bits per heavy atom. The molecule has 3 N–H and O–H groups in total. The molecule has 1 amide bonds. The van der Waals surface area contributed by atoms with Crippen LogP contribution in [0.5, 0.6) is 0 Å². The van der Waals surface area contributed by atoms with Crippen LogP contribution in [0.25, 0.3) is 0 Å². The van der Waals surface area contributed by atoms with E-state index in [4.69, 9.17) is 5.73 Å². The Morgan fingerprint density at radius 3 is 2.84 bits per heavy atom. The van der Waals surface area contributed by atoms with Crippen molar-refractivity contribution >= 4 is 29.0 Å². The first kappa shape index (κ1) is 15.3. The van der Waals surface area contributed by atoms with Crippen LogP contribution in [-0.2, 0) is 0 Å². The molecule has 0 aromatic heterocycles. The van der Waals surface area contributed by atoms with Gasteiger partial charge in [-0.2, -0.15) is 11.8 Å². The van der Waals surface area contributed by atoms with Crippen molar-refractivity contribution in [2.45, 2.75) is 12.8 Å². The van der Waals surface area contributed by atoms with Gasteiger partial charge in [-0.05, 0) is 30.9 Å². The number of nitro groups is 1. The lowest BCUT2D eigenvalue weighted by molar-refractivity contribution is -0.383. The highest BCUT2D eigenvalue weighted by Gasteiger charge is 2.18. The van der Waals surface area contributed by atoms with Gasteiger partial charge in [-0.3, -0.25) is 14.9 Å². The monoisotopic (exact) mass is 283 g/mol. The fourth-order valence-corrected chi connectivity index (χ4v) is 2.07. The van der Waals surface area contributed by atoms with Gasteiger partial charge in [-0.15, -0.1) is 0 Å². The van der Waals surface area contributed by atoms with Crippen molar-refractivity contribution < 1.29 is 9.72 Å². The maximum Gasteiger partial charge on any atom is 0.292 e. The van der Waals surface area contributed by atoms with Crippen LogP contribution in [0, 0.1) is 10.1 Å². The Hall–Kier alpha value is -1.76. The molecule has 19 heavy (non-hydrogen) atoms. The maximum absolute atomic E-state index is 11.9. The normalized spacial score (nSPS) is 10.2. The van der Waals surface area contributed by atoms with Gasteiger partial charge in [0.05, 0.1) is 10.5 Å². The largest absolute Gasteiger partial charge is 0.393 e. The quantitative estimate of drug-likeness (QED) is 0.345. The van der Waals surface area contributed by atoms with Crippen LogP contribution in [0.4, 0.5) is 11.4 Å². The van der Waals surface area contributed by atoms with Crippen molar-refractivity contribution in [1.29, 1.82) is 0 Å². The summed E-state index contributed by atoms with van der Waals surface area (Å²) in [4.78, 5) is 22.0. The van der Waals surface area contributed by atoms with E-state index in [-0.39, 0.29) is 22.8 Å². The van der Waals surface area contributed by atoms with E-state index in [2.05, 4.69) is 5.32 Å². The summed E-state index contributed by atoms with van der Waals surface area (Å²) in [5, 5.41) is 13.4. The van der Waals surface area contributed by atoms with Crippen LogP contribution in [0.3, 0.4) is 0 Å². The van der Waals surface area contributed by atoms with Gasteiger partial charge in [0.25, 0.3) is 11.6 Å². The number of carbonyl (C=O) groups excluding carboxylic acids is 1. The average Bonchev–Trinajstić information content (AvgIpc) is 2.38. The Kier molecular flexibility index (Phi) is 6.14. The first-order valence-corrected chi connectivity index (χ1v) is 7.27. The molecule has 1 rings (SSSR count). The molecule has 1 aromatic rings. The molecule has 0 atom stereocenters. The van der Waals surface area contributed by atoms with Crippen molar-refractivity contribution in [3.63, 3.8) is 0 Å². The Labute approximate surface area is 115 Å². The number of nitrogens with one attached hydrogen (secondary N) is 1. The summed E-state index contributed by atoms with van der Waals surface area (Å²) in [6, 6.07) is 4.22. The number of thioether (sulfide) groups is 1. The molecule has 0 heterocycles.